The number of carboxylic acids is 1. The molecule has 0 radical (unpaired) electrons. The van der Waals surface area contributed by atoms with Gasteiger partial charge >= 0.3 is 5.97 Å². The fourth-order valence-electron chi connectivity index (χ4n) is 2.86. The summed E-state index contributed by atoms with van der Waals surface area (Å²) in [5.41, 5.74) is 2.06. The molecule has 2 N–H and O–H groups in total. The Morgan fingerprint density at radius 3 is 2.57 bits per heavy atom. The van der Waals surface area contributed by atoms with Gasteiger partial charge in [0.15, 0.2) is 0 Å². The lowest BCUT2D eigenvalue weighted by atomic mass is 9.73. The van der Waals surface area contributed by atoms with E-state index in [0.29, 0.717) is 25.3 Å². The lowest BCUT2D eigenvalue weighted by molar-refractivity contribution is -0.152. The Kier molecular flexibility index (Phi) is 4.55. The predicted octanol–water partition coefficient (Wildman–Crippen LogP) is 2.51. The third-order valence-electron chi connectivity index (χ3n) is 4.78. The van der Waals surface area contributed by atoms with Crippen LogP contribution in [0.3, 0.4) is 0 Å². The monoisotopic (exact) mass is 317 g/mol. The average Bonchev–Trinajstić information content (AvgIpc) is 3.26. The number of benzene rings is 1. The molecular formula is C18H23NO4. The Morgan fingerprint density at radius 2 is 1.96 bits per heavy atom. The van der Waals surface area contributed by atoms with Crippen molar-refractivity contribution in [2.75, 3.05) is 6.61 Å². The van der Waals surface area contributed by atoms with Gasteiger partial charge in [0.1, 0.15) is 5.75 Å². The van der Waals surface area contributed by atoms with Gasteiger partial charge < -0.3 is 15.2 Å². The Hall–Kier alpha value is -2.04. The first-order valence-corrected chi connectivity index (χ1v) is 8.27. The first-order chi connectivity index (χ1) is 11.0. The Labute approximate surface area is 136 Å². The molecule has 1 aromatic rings. The van der Waals surface area contributed by atoms with Gasteiger partial charge in [-0.15, -0.1) is 0 Å². The van der Waals surface area contributed by atoms with E-state index in [2.05, 4.69) is 5.32 Å². The molecule has 1 aromatic carbocycles. The van der Waals surface area contributed by atoms with Crippen LogP contribution in [-0.2, 0) is 16.1 Å². The van der Waals surface area contributed by atoms with Crippen molar-refractivity contribution in [3.63, 3.8) is 0 Å². The highest BCUT2D eigenvalue weighted by Gasteiger charge is 2.41. The number of amides is 1. The lowest BCUT2D eigenvalue weighted by Crippen LogP contribution is -2.43. The van der Waals surface area contributed by atoms with Crippen LogP contribution in [0.1, 0.15) is 36.8 Å². The van der Waals surface area contributed by atoms with E-state index >= 15 is 0 Å². The largest absolute Gasteiger partial charge is 0.493 e. The molecule has 0 heterocycles. The van der Waals surface area contributed by atoms with Gasteiger partial charge in [0, 0.05) is 12.1 Å². The summed E-state index contributed by atoms with van der Waals surface area (Å²) in [6.07, 6.45) is 3.71. The van der Waals surface area contributed by atoms with Crippen LogP contribution in [0.25, 0.3) is 0 Å². The third kappa shape index (κ3) is 3.84. The molecule has 0 bridgehead atoms. The van der Waals surface area contributed by atoms with Crippen molar-refractivity contribution in [1.82, 2.24) is 5.32 Å². The second kappa shape index (κ2) is 6.60. The molecule has 0 aromatic heterocycles. The summed E-state index contributed by atoms with van der Waals surface area (Å²) in [6.45, 7) is 3.12. The van der Waals surface area contributed by atoms with Gasteiger partial charge in [-0.25, -0.2) is 0 Å². The van der Waals surface area contributed by atoms with Crippen LogP contribution in [-0.4, -0.2) is 23.6 Å². The van der Waals surface area contributed by atoms with Gasteiger partial charge in [-0.05, 0) is 50.2 Å². The SMILES string of the molecule is Cc1ccc(CNC(=O)C2CCC2C(=O)O)c(OCC2CC2)c1. The molecule has 0 spiro atoms. The molecular weight excluding hydrogens is 294 g/mol. The molecule has 3 rings (SSSR count). The minimum absolute atomic E-state index is 0.169. The summed E-state index contributed by atoms with van der Waals surface area (Å²) < 4.78 is 5.89. The van der Waals surface area contributed by atoms with Crippen LogP contribution < -0.4 is 10.1 Å². The maximum absolute atomic E-state index is 12.2. The fourth-order valence-corrected chi connectivity index (χ4v) is 2.86. The number of nitrogens with one attached hydrogen (secondary N) is 1. The zero-order chi connectivity index (χ0) is 16.4. The molecule has 5 heteroatoms. The van der Waals surface area contributed by atoms with E-state index in [4.69, 9.17) is 9.84 Å². The fraction of sp³-hybridized carbons (Fsp3) is 0.556. The molecule has 0 saturated heterocycles. The van der Waals surface area contributed by atoms with E-state index < -0.39 is 17.8 Å². The van der Waals surface area contributed by atoms with Crippen LogP contribution in [0.4, 0.5) is 0 Å². The van der Waals surface area contributed by atoms with Crippen molar-refractivity contribution in [2.45, 2.75) is 39.2 Å². The number of rotatable bonds is 7. The normalized spacial score (nSPS) is 23.0. The van der Waals surface area contributed by atoms with E-state index in [1.165, 1.54) is 12.8 Å². The van der Waals surface area contributed by atoms with Gasteiger partial charge in [-0.2, -0.15) is 0 Å². The molecule has 0 aliphatic heterocycles. The van der Waals surface area contributed by atoms with Crippen molar-refractivity contribution in [2.24, 2.45) is 17.8 Å². The van der Waals surface area contributed by atoms with E-state index in [-0.39, 0.29) is 5.91 Å². The van der Waals surface area contributed by atoms with E-state index in [1.54, 1.807) is 0 Å². The average molecular weight is 317 g/mol. The molecule has 2 aliphatic carbocycles. The maximum Gasteiger partial charge on any atom is 0.307 e. The first kappa shape index (κ1) is 15.8. The summed E-state index contributed by atoms with van der Waals surface area (Å²) in [5.74, 6) is -0.477. The number of carboxylic acid groups (broad SMARTS) is 1. The molecule has 5 nitrogen and oxygen atoms in total. The highest BCUT2D eigenvalue weighted by atomic mass is 16.5. The summed E-state index contributed by atoms with van der Waals surface area (Å²) >= 11 is 0. The van der Waals surface area contributed by atoms with Crippen LogP contribution in [0.5, 0.6) is 5.75 Å². The molecule has 1 amide bonds. The van der Waals surface area contributed by atoms with E-state index in [1.807, 2.05) is 25.1 Å². The van der Waals surface area contributed by atoms with Gasteiger partial charge in [0.25, 0.3) is 0 Å². The third-order valence-corrected chi connectivity index (χ3v) is 4.78. The van der Waals surface area contributed by atoms with Crippen molar-refractivity contribution in [1.29, 1.82) is 0 Å². The number of carbonyl (C=O) groups excluding carboxylic acids is 1. The van der Waals surface area contributed by atoms with Gasteiger partial charge in [0.2, 0.25) is 5.91 Å². The van der Waals surface area contributed by atoms with Crippen molar-refractivity contribution < 1.29 is 19.4 Å². The van der Waals surface area contributed by atoms with E-state index in [0.717, 1.165) is 23.5 Å². The molecule has 2 atom stereocenters. The highest BCUT2D eigenvalue weighted by Crippen LogP contribution is 2.35. The zero-order valence-corrected chi connectivity index (χ0v) is 13.4. The number of aryl methyl sites for hydroxylation is 1. The summed E-state index contributed by atoms with van der Waals surface area (Å²) in [7, 11) is 0. The van der Waals surface area contributed by atoms with Crippen LogP contribution in [0.15, 0.2) is 18.2 Å². The van der Waals surface area contributed by atoms with Gasteiger partial charge in [0.05, 0.1) is 18.4 Å². The summed E-state index contributed by atoms with van der Waals surface area (Å²) in [6, 6.07) is 5.95. The second-order valence-corrected chi connectivity index (χ2v) is 6.71. The predicted molar refractivity (Wildman–Crippen MR) is 85.1 cm³/mol. The minimum atomic E-state index is -0.875. The number of hydrogen-bond acceptors (Lipinski definition) is 3. The molecule has 2 aliphatic rings. The van der Waals surface area contributed by atoms with Crippen molar-refractivity contribution in [3.05, 3.63) is 29.3 Å². The van der Waals surface area contributed by atoms with Crippen molar-refractivity contribution >= 4 is 11.9 Å². The quantitative estimate of drug-likeness (QED) is 0.810. The minimum Gasteiger partial charge on any atom is -0.493 e. The van der Waals surface area contributed by atoms with Crippen LogP contribution >= 0.6 is 0 Å². The maximum atomic E-state index is 12.2. The van der Waals surface area contributed by atoms with E-state index in [9.17, 15) is 9.59 Å². The Bertz CT molecular complexity index is 609. The Balaban J connectivity index is 1.58. The van der Waals surface area contributed by atoms with Crippen LogP contribution in [0, 0.1) is 24.7 Å². The van der Waals surface area contributed by atoms with Crippen LogP contribution in [0.2, 0.25) is 0 Å². The topological polar surface area (TPSA) is 75.6 Å². The lowest BCUT2D eigenvalue weighted by Gasteiger charge is -2.32. The summed E-state index contributed by atoms with van der Waals surface area (Å²) in [4.78, 5) is 23.2. The molecule has 124 valence electrons. The van der Waals surface area contributed by atoms with Crippen molar-refractivity contribution in [3.8, 4) is 5.75 Å². The van der Waals surface area contributed by atoms with Gasteiger partial charge in [-0.1, -0.05) is 12.1 Å². The number of ether oxygens (including phenoxy) is 1. The second-order valence-electron chi connectivity index (χ2n) is 6.71. The number of aliphatic carboxylic acids is 1. The molecule has 2 fully saturated rings. The standard InChI is InChI=1S/C18H23NO4/c1-11-2-5-13(16(8-11)23-10-12-3-4-12)9-19-17(20)14-6-7-15(14)18(21)22/h2,5,8,12,14-15H,3-4,6-7,9-10H2,1H3,(H,19,20)(H,21,22). The number of hydrogen-bond donors (Lipinski definition) is 2. The Morgan fingerprint density at radius 1 is 1.22 bits per heavy atom. The number of carbonyl (C=O) groups is 2. The highest BCUT2D eigenvalue weighted by molar-refractivity contribution is 5.86. The smallest absolute Gasteiger partial charge is 0.307 e. The molecule has 23 heavy (non-hydrogen) atoms. The molecule has 2 saturated carbocycles. The zero-order valence-electron chi connectivity index (χ0n) is 13.4. The van der Waals surface area contributed by atoms with Gasteiger partial charge in [-0.3, -0.25) is 9.59 Å². The molecule has 2 unspecified atom stereocenters. The first-order valence-electron chi connectivity index (χ1n) is 8.27. The summed E-state index contributed by atoms with van der Waals surface area (Å²) in [5, 5.41) is 11.9.